The Bertz CT molecular complexity index is 1500. The van der Waals surface area contributed by atoms with Gasteiger partial charge in [-0.2, -0.15) is 5.10 Å². The van der Waals surface area contributed by atoms with Crippen LogP contribution in [0.25, 0.3) is 16.8 Å². The predicted molar refractivity (Wildman–Crippen MR) is 141 cm³/mol. The standard InChI is InChI=1S/C30H30N4O4/c1-19-26(18-32-38-19)24-16-25(24)28-27(30(36)37-2)17-31-34(28)23-11-7-9-21(15-23)20-8-6-10-22(14-20)29(35)33-12-4-3-5-13-33/h6-11,14-15,17-18,24-25H,3-5,12-13,16H2,1-2H3. The molecule has 2 aromatic heterocycles. The largest absolute Gasteiger partial charge is 0.465 e. The Hall–Kier alpha value is -4.20. The highest BCUT2D eigenvalue weighted by Crippen LogP contribution is 2.56. The molecule has 0 N–H and O–H groups in total. The van der Waals surface area contributed by atoms with E-state index in [9.17, 15) is 9.59 Å². The van der Waals surface area contributed by atoms with Gasteiger partial charge in [-0.1, -0.05) is 29.4 Å². The van der Waals surface area contributed by atoms with Crippen molar-refractivity contribution < 1.29 is 18.8 Å². The Morgan fingerprint density at radius 3 is 2.47 bits per heavy atom. The lowest BCUT2D eigenvalue weighted by molar-refractivity contribution is 0.0599. The number of methoxy groups -OCH3 is 1. The fraction of sp³-hybridized carbons (Fsp3) is 0.333. The van der Waals surface area contributed by atoms with Crippen molar-refractivity contribution in [2.75, 3.05) is 20.2 Å². The van der Waals surface area contributed by atoms with Crippen LogP contribution in [0, 0.1) is 6.92 Å². The van der Waals surface area contributed by atoms with Gasteiger partial charge in [0.1, 0.15) is 11.3 Å². The number of ether oxygens (including phenoxy) is 1. The normalized spacial score (nSPS) is 18.8. The van der Waals surface area contributed by atoms with Gasteiger partial charge in [-0.05, 0) is 73.9 Å². The van der Waals surface area contributed by atoms with Crippen molar-refractivity contribution >= 4 is 11.9 Å². The van der Waals surface area contributed by atoms with E-state index in [1.54, 1.807) is 12.4 Å². The topological polar surface area (TPSA) is 90.5 Å². The van der Waals surface area contributed by atoms with Crippen molar-refractivity contribution in [1.29, 1.82) is 0 Å². The number of piperidine rings is 1. The number of nitrogens with zero attached hydrogens (tertiary/aromatic N) is 4. The quantitative estimate of drug-likeness (QED) is 0.317. The van der Waals surface area contributed by atoms with E-state index in [2.05, 4.69) is 10.3 Å². The zero-order chi connectivity index (χ0) is 26.2. The zero-order valence-corrected chi connectivity index (χ0v) is 21.6. The summed E-state index contributed by atoms with van der Waals surface area (Å²) >= 11 is 0. The maximum Gasteiger partial charge on any atom is 0.341 e. The maximum atomic E-state index is 13.1. The van der Waals surface area contributed by atoms with Crippen LogP contribution in [0.2, 0.25) is 0 Å². The van der Waals surface area contributed by atoms with E-state index in [0.29, 0.717) is 11.1 Å². The average molecular weight is 511 g/mol. The van der Waals surface area contributed by atoms with Gasteiger partial charge in [-0.15, -0.1) is 0 Å². The van der Waals surface area contributed by atoms with E-state index < -0.39 is 5.97 Å². The van der Waals surface area contributed by atoms with Gasteiger partial charge in [0.05, 0.1) is 30.9 Å². The summed E-state index contributed by atoms with van der Waals surface area (Å²) in [6.45, 7) is 3.54. The number of carbonyl (C=O) groups excluding carboxylic acids is 2. The van der Waals surface area contributed by atoms with Crippen molar-refractivity contribution in [3.63, 3.8) is 0 Å². The molecule has 8 heteroatoms. The predicted octanol–water partition coefficient (Wildman–Crippen LogP) is 5.52. The van der Waals surface area contributed by atoms with E-state index >= 15 is 0 Å². The minimum absolute atomic E-state index is 0.0867. The van der Waals surface area contributed by atoms with Gasteiger partial charge in [-0.25, -0.2) is 9.48 Å². The van der Waals surface area contributed by atoms with E-state index in [1.807, 2.05) is 65.0 Å². The minimum atomic E-state index is -0.404. The summed E-state index contributed by atoms with van der Waals surface area (Å²) in [7, 11) is 1.39. The molecule has 1 saturated heterocycles. The molecule has 2 atom stereocenters. The molecule has 1 saturated carbocycles. The zero-order valence-electron chi connectivity index (χ0n) is 21.6. The van der Waals surface area contributed by atoms with Crippen LogP contribution in [-0.2, 0) is 4.74 Å². The lowest BCUT2D eigenvalue weighted by Crippen LogP contribution is -2.35. The number of likely N-dealkylation sites (tertiary alicyclic amines) is 1. The monoisotopic (exact) mass is 510 g/mol. The first-order valence-electron chi connectivity index (χ1n) is 13.1. The molecule has 194 valence electrons. The van der Waals surface area contributed by atoms with Gasteiger partial charge < -0.3 is 14.2 Å². The Balaban J connectivity index is 1.34. The Kier molecular flexibility index (Phi) is 6.31. The molecule has 1 aliphatic carbocycles. The van der Waals surface area contributed by atoms with Crippen molar-refractivity contribution in [3.8, 4) is 16.8 Å². The van der Waals surface area contributed by atoms with Crippen molar-refractivity contribution in [3.05, 3.63) is 89.1 Å². The highest BCUT2D eigenvalue weighted by Gasteiger charge is 2.46. The van der Waals surface area contributed by atoms with E-state index in [0.717, 1.165) is 66.2 Å². The van der Waals surface area contributed by atoms with Gasteiger partial charge in [0, 0.05) is 30.1 Å². The third-order valence-electron chi connectivity index (χ3n) is 7.72. The summed E-state index contributed by atoms with van der Waals surface area (Å²) in [6.07, 6.45) is 7.53. The molecule has 2 aliphatic rings. The summed E-state index contributed by atoms with van der Waals surface area (Å²) in [5, 5.41) is 8.54. The SMILES string of the molecule is COC(=O)c1cnn(-c2cccc(-c3cccc(C(=O)N4CCCCC4)c3)c2)c1C1CC1c1cnoc1C. The number of aryl methyl sites for hydroxylation is 1. The van der Waals surface area contributed by atoms with Gasteiger partial charge in [0.15, 0.2) is 0 Å². The second-order valence-corrected chi connectivity index (χ2v) is 10.1. The lowest BCUT2D eigenvalue weighted by atomic mass is 10.0. The number of hydrogen-bond donors (Lipinski definition) is 0. The Morgan fingerprint density at radius 2 is 1.74 bits per heavy atom. The van der Waals surface area contributed by atoms with Crippen LogP contribution < -0.4 is 0 Å². The van der Waals surface area contributed by atoms with E-state index in [-0.39, 0.29) is 17.7 Å². The average Bonchev–Trinajstić information content (AvgIpc) is 3.41. The molecule has 4 aromatic rings. The van der Waals surface area contributed by atoms with Gasteiger partial charge >= 0.3 is 5.97 Å². The first-order valence-corrected chi connectivity index (χ1v) is 13.1. The van der Waals surface area contributed by atoms with Crippen LogP contribution in [0.5, 0.6) is 0 Å². The summed E-state index contributed by atoms with van der Waals surface area (Å²) in [5.74, 6) is 0.784. The molecule has 0 radical (unpaired) electrons. The molecule has 1 aliphatic heterocycles. The highest BCUT2D eigenvalue weighted by atomic mass is 16.5. The highest BCUT2D eigenvalue weighted by molar-refractivity contribution is 5.95. The smallest absolute Gasteiger partial charge is 0.341 e. The van der Waals surface area contributed by atoms with Crippen molar-refractivity contribution in [2.45, 2.75) is 44.4 Å². The second-order valence-electron chi connectivity index (χ2n) is 10.1. The lowest BCUT2D eigenvalue weighted by Gasteiger charge is -2.26. The summed E-state index contributed by atoms with van der Waals surface area (Å²) in [6, 6.07) is 15.8. The Morgan fingerprint density at radius 1 is 0.974 bits per heavy atom. The first kappa shape index (κ1) is 24.2. The number of hydrogen-bond acceptors (Lipinski definition) is 6. The van der Waals surface area contributed by atoms with Crippen molar-refractivity contribution in [2.24, 2.45) is 0 Å². The van der Waals surface area contributed by atoms with Crippen LogP contribution in [0.3, 0.4) is 0 Å². The number of amides is 1. The van der Waals surface area contributed by atoms with Gasteiger partial charge in [0.25, 0.3) is 5.91 Å². The summed E-state index contributed by atoms with van der Waals surface area (Å²) in [5.41, 5.74) is 5.82. The molecule has 3 heterocycles. The number of aromatic nitrogens is 3. The third-order valence-corrected chi connectivity index (χ3v) is 7.72. The molecule has 6 rings (SSSR count). The molecule has 2 aromatic carbocycles. The van der Waals surface area contributed by atoms with Crippen LogP contribution in [0.1, 0.15) is 75.3 Å². The molecular formula is C30H30N4O4. The Labute approximate surface area is 221 Å². The summed E-state index contributed by atoms with van der Waals surface area (Å²) < 4.78 is 12.2. The molecule has 0 spiro atoms. The van der Waals surface area contributed by atoms with Gasteiger partial charge in [0.2, 0.25) is 0 Å². The van der Waals surface area contributed by atoms with Crippen LogP contribution in [0.15, 0.2) is 65.4 Å². The first-order chi connectivity index (χ1) is 18.5. The summed E-state index contributed by atoms with van der Waals surface area (Å²) in [4.78, 5) is 27.7. The van der Waals surface area contributed by atoms with Crippen LogP contribution in [-0.4, -0.2) is 51.9 Å². The molecular weight excluding hydrogens is 480 g/mol. The van der Waals surface area contributed by atoms with Crippen molar-refractivity contribution in [1.82, 2.24) is 19.8 Å². The molecule has 1 amide bonds. The molecule has 0 bridgehead atoms. The number of benzene rings is 2. The number of carbonyl (C=O) groups is 2. The molecule has 38 heavy (non-hydrogen) atoms. The van der Waals surface area contributed by atoms with E-state index in [1.165, 1.54) is 13.5 Å². The second kappa shape index (κ2) is 9.93. The maximum absolute atomic E-state index is 13.1. The number of rotatable bonds is 6. The molecule has 2 fully saturated rings. The van der Waals surface area contributed by atoms with Crippen LogP contribution >= 0.6 is 0 Å². The minimum Gasteiger partial charge on any atom is -0.465 e. The number of esters is 1. The molecule has 8 nitrogen and oxygen atoms in total. The fourth-order valence-electron chi connectivity index (χ4n) is 5.62. The fourth-order valence-corrected chi connectivity index (χ4v) is 5.62. The van der Waals surface area contributed by atoms with Crippen LogP contribution in [0.4, 0.5) is 0 Å². The molecule has 2 unspecified atom stereocenters. The van der Waals surface area contributed by atoms with Gasteiger partial charge in [-0.3, -0.25) is 4.79 Å². The van der Waals surface area contributed by atoms with E-state index in [4.69, 9.17) is 9.26 Å². The third kappa shape index (κ3) is 4.40.